The molecule has 0 aliphatic rings. The Balaban J connectivity index is 3.37. The van der Waals surface area contributed by atoms with Crippen molar-refractivity contribution in [1.29, 1.82) is 0 Å². The molecular formula is C63H123NO5. The summed E-state index contributed by atoms with van der Waals surface area (Å²) in [6.07, 6.45) is 70.8. The molecule has 2 unspecified atom stereocenters. The lowest BCUT2D eigenvalue weighted by molar-refractivity contribution is -0.143. The molecule has 69 heavy (non-hydrogen) atoms. The number of aliphatic hydroxyl groups excluding tert-OH is 2. The molecule has 1 amide bonds. The molecule has 0 fully saturated rings. The van der Waals surface area contributed by atoms with Gasteiger partial charge in [-0.1, -0.05) is 302 Å². The second kappa shape index (κ2) is 59.2. The lowest BCUT2D eigenvalue weighted by atomic mass is 10.0. The number of carbonyl (C=O) groups excluding carboxylic acids is 2. The highest BCUT2D eigenvalue weighted by molar-refractivity contribution is 5.76. The lowest BCUT2D eigenvalue weighted by Crippen LogP contribution is -2.45. The van der Waals surface area contributed by atoms with E-state index in [0.717, 1.165) is 38.5 Å². The first-order chi connectivity index (χ1) is 34.0. The lowest BCUT2D eigenvalue weighted by Gasteiger charge is -2.22. The smallest absolute Gasteiger partial charge is 0.305 e. The van der Waals surface area contributed by atoms with Crippen LogP contribution in [0.4, 0.5) is 0 Å². The van der Waals surface area contributed by atoms with Crippen LogP contribution in [0.3, 0.4) is 0 Å². The summed E-state index contributed by atoms with van der Waals surface area (Å²) in [5, 5.41) is 23.2. The monoisotopic (exact) mass is 974 g/mol. The number of ether oxygens (including phenoxy) is 1. The number of aliphatic hydroxyl groups is 2. The van der Waals surface area contributed by atoms with Crippen molar-refractivity contribution in [2.24, 2.45) is 0 Å². The van der Waals surface area contributed by atoms with E-state index < -0.39 is 12.1 Å². The first kappa shape index (κ1) is 67.6. The van der Waals surface area contributed by atoms with E-state index in [1.54, 1.807) is 0 Å². The number of allylic oxidation sites excluding steroid dienone is 2. The Labute approximate surface area is 431 Å². The number of carbonyl (C=O) groups is 2. The van der Waals surface area contributed by atoms with Crippen molar-refractivity contribution >= 4 is 11.9 Å². The number of rotatable bonds is 59. The average molecular weight is 975 g/mol. The molecule has 0 saturated carbocycles. The van der Waals surface area contributed by atoms with Crippen LogP contribution < -0.4 is 5.32 Å². The molecule has 410 valence electrons. The first-order valence-electron chi connectivity index (χ1n) is 31.4. The van der Waals surface area contributed by atoms with Gasteiger partial charge in [0.1, 0.15) is 0 Å². The second-order valence-electron chi connectivity index (χ2n) is 21.7. The topological polar surface area (TPSA) is 95.9 Å². The maximum atomic E-state index is 12.5. The van der Waals surface area contributed by atoms with Gasteiger partial charge in [0.05, 0.1) is 25.4 Å². The van der Waals surface area contributed by atoms with E-state index >= 15 is 0 Å². The van der Waals surface area contributed by atoms with Crippen LogP contribution in [0.25, 0.3) is 0 Å². The minimum Gasteiger partial charge on any atom is -0.466 e. The van der Waals surface area contributed by atoms with Crippen LogP contribution in [0.2, 0.25) is 0 Å². The third-order valence-electron chi connectivity index (χ3n) is 14.8. The highest BCUT2D eigenvalue weighted by Gasteiger charge is 2.20. The van der Waals surface area contributed by atoms with Gasteiger partial charge in [-0.2, -0.15) is 0 Å². The summed E-state index contributed by atoms with van der Waals surface area (Å²) in [6, 6.07) is -0.542. The molecule has 0 aromatic rings. The molecule has 6 heteroatoms. The van der Waals surface area contributed by atoms with Crippen LogP contribution in [-0.4, -0.2) is 47.4 Å². The van der Waals surface area contributed by atoms with Gasteiger partial charge in [-0.15, -0.1) is 0 Å². The average Bonchev–Trinajstić information content (AvgIpc) is 3.35. The third-order valence-corrected chi connectivity index (χ3v) is 14.8. The molecule has 0 aliphatic heterocycles. The van der Waals surface area contributed by atoms with Crippen LogP contribution in [0.5, 0.6) is 0 Å². The van der Waals surface area contributed by atoms with Gasteiger partial charge in [0.15, 0.2) is 0 Å². The largest absolute Gasteiger partial charge is 0.466 e. The molecule has 0 aliphatic carbocycles. The standard InChI is InChI=1S/C63H123NO5/c1-3-5-7-9-11-13-15-17-33-37-41-45-49-53-57-63(68)69-58-54-50-46-42-38-34-30-28-26-24-22-20-18-19-21-23-25-27-29-32-36-40-44-48-52-56-62(67)64-60(59-65)61(66)55-51-47-43-39-35-31-16-14-12-10-8-6-4-2/h19,21,60-61,65-66H,3-18,20,22-59H2,1-2H3,(H,64,67)/b21-19-. The maximum Gasteiger partial charge on any atom is 0.305 e. The molecule has 0 rings (SSSR count). The molecule has 0 radical (unpaired) electrons. The van der Waals surface area contributed by atoms with E-state index in [-0.39, 0.29) is 18.5 Å². The van der Waals surface area contributed by atoms with Crippen molar-refractivity contribution in [1.82, 2.24) is 5.32 Å². The van der Waals surface area contributed by atoms with Gasteiger partial charge in [-0.05, 0) is 51.4 Å². The predicted octanol–water partition coefficient (Wildman–Crippen LogP) is 19.6. The molecule has 0 spiro atoms. The summed E-state index contributed by atoms with van der Waals surface area (Å²) >= 11 is 0. The molecule has 6 nitrogen and oxygen atoms in total. The molecule has 0 aromatic carbocycles. The van der Waals surface area contributed by atoms with E-state index in [0.29, 0.717) is 25.9 Å². The number of nitrogens with one attached hydrogen (secondary N) is 1. The highest BCUT2D eigenvalue weighted by atomic mass is 16.5. The van der Waals surface area contributed by atoms with Gasteiger partial charge < -0.3 is 20.3 Å². The first-order valence-corrected chi connectivity index (χ1v) is 31.4. The van der Waals surface area contributed by atoms with Gasteiger partial charge in [-0.25, -0.2) is 0 Å². The minimum absolute atomic E-state index is 0.0163. The SMILES string of the molecule is CCCCCCCCCCCCCCCCC(=O)OCCCCCCCCCCCCCC/C=C\CCCCCCCCCCCC(=O)NC(CO)C(O)CCCCCCCCCCCCCCC. The Morgan fingerprint density at radius 2 is 0.681 bits per heavy atom. The molecule has 3 N–H and O–H groups in total. The van der Waals surface area contributed by atoms with Gasteiger partial charge in [-0.3, -0.25) is 9.59 Å². The summed E-state index contributed by atoms with van der Waals surface area (Å²) in [7, 11) is 0. The summed E-state index contributed by atoms with van der Waals surface area (Å²) in [6.45, 7) is 4.97. The van der Waals surface area contributed by atoms with Crippen LogP contribution in [0.15, 0.2) is 12.2 Å². The van der Waals surface area contributed by atoms with Crippen molar-refractivity contribution in [3.8, 4) is 0 Å². The second-order valence-corrected chi connectivity index (χ2v) is 21.7. The molecule has 2 atom stereocenters. The fourth-order valence-electron chi connectivity index (χ4n) is 9.99. The summed E-state index contributed by atoms with van der Waals surface area (Å²) < 4.78 is 5.49. The summed E-state index contributed by atoms with van der Waals surface area (Å²) in [5.74, 6) is -0.0200. The van der Waals surface area contributed by atoms with E-state index in [1.165, 1.54) is 283 Å². The number of esters is 1. The van der Waals surface area contributed by atoms with Gasteiger partial charge >= 0.3 is 5.97 Å². The summed E-state index contributed by atoms with van der Waals surface area (Å²) in [5.41, 5.74) is 0. The summed E-state index contributed by atoms with van der Waals surface area (Å²) in [4.78, 5) is 24.5. The molecule has 0 heterocycles. The Bertz CT molecular complexity index is 1030. The Kier molecular flexibility index (Phi) is 58.0. The van der Waals surface area contributed by atoms with E-state index in [1.807, 2.05) is 0 Å². The highest BCUT2D eigenvalue weighted by Crippen LogP contribution is 2.18. The normalized spacial score (nSPS) is 12.6. The van der Waals surface area contributed by atoms with Gasteiger partial charge in [0.2, 0.25) is 5.91 Å². The quantitative estimate of drug-likeness (QED) is 0.0321. The van der Waals surface area contributed by atoms with Crippen molar-refractivity contribution in [3.05, 3.63) is 12.2 Å². The molecule has 0 saturated heterocycles. The Morgan fingerprint density at radius 1 is 0.391 bits per heavy atom. The van der Waals surface area contributed by atoms with Crippen molar-refractivity contribution < 1.29 is 24.5 Å². The van der Waals surface area contributed by atoms with Crippen molar-refractivity contribution in [2.75, 3.05) is 13.2 Å². The minimum atomic E-state index is -0.664. The fraction of sp³-hybridized carbons (Fsp3) is 0.937. The Hall–Kier alpha value is -1.40. The van der Waals surface area contributed by atoms with Crippen molar-refractivity contribution in [2.45, 2.75) is 366 Å². The molecule has 0 aromatic heterocycles. The fourth-order valence-corrected chi connectivity index (χ4v) is 9.99. The molecular weight excluding hydrogens is 851 g/mol. The van der Waals surface area contributed by atoms with Crippen LogP contribution >= 0.6 is 0 Å². The van der Waals surface area contributed by atoms with Crippen LogP contribution in [0, 0.1) is 0 Å². The van der Waals surface area contributed by atoms with Crippen LogP contribution in [-0.2, 0) is 14.3 Å². The zero-order valence-corrected chi connectivity index (χ0v) is 46.8. The van der Waals surface area contributed by atoms with E-state index in [9.17, 15) is 19.8 Å². The van der Waals surface area contributed by atoms with Gasteiger partial charge in [0, 0.05) is 12.8 Å². The zero-order valence-electron chi connectivity index (χ0n) is 46.8. The van der Waals surface area contributed by atoms with E-state index in [4.69, 9.17) is 4.74 Å². The zero-order chi connectivity index (χ0) is 50.0. The van der Waals surface area contributed by atoms with Crippen LogP contribution in [0.1, 0.15) is 354 Å². The molecule has 0 bridgehead atoms. The number of amides is 1. The maximum absolute atomic E-state index is 12.5. The van der Waals surface area contributed by atoms with Crippen molar-refractivity contribution in [3.63, 3.8) is 0 Å². The predicted molar refractivity (Wildman–Crippen MR) is 301 cm³/mol. The number of hydrogen-bond acceptors (Lipinski definition) is 5. The number of hydrogen-bond donors (Lipinski definition) is 3. The third kappa shape index (κ3) is 55.8. The Morgan fingerprint density at radius 3 is 1.03 bits per heavy atom. The number of unbranched alkanes of at least 4 members (excludes halogenated alkanes) is 46. The van der Waals surface area contributed by atoms with Gasteiger partial charge in [0.25, 0.3) is 0 Å². The van der Waals surface area contributed by atoms with E-state index in [2.05, 4.69) is 31.3 Å².